The van der Waals surface area contributed by atoms with Crippen LogP contribution in [0.1, 0.15) is 6.92 Å². The molecule has 0 fully saturated rings. The number of hydrogen-bond acceptors (Lipinski definition) is 4. The zero-order chi connectivity index (χ0) is 13.3. The topological polar surface area (TPSA) is 61.8 Å². The van der Waals surface area contributed by atoms with Crippen LogP contribution >= 0.6 is 0 Å². The highest BCUT2D eigenvalue weighted by molar-refractivity contribution is 5.81. The second-order valence-electron chi connectivity index (χ2n) is 3.57. The Bertz CT molecular complexity index is 218. The Hall–Kier alpha value is -0.790. The van der Waals surface area contributed by atoms with Gasteiger partial charge in [0.25, 0.3) is 6.43 Å². The molecule has 0 aromatic rings. The first kappa shape index (κ1) is 16.2. The minimum absolute atomic E-state index is 0.0448. The van der Waals surface area contributed by atoms with Gasteiger partial charge in [0.2, 0.25) is 5.91 Å². The van der Waals surface area contributed by atoms with E-state index >= 15 is 0 Å². The van der Waals surface area contributed by atoms with Crippen molar-refractivity contribution in [1.82, 2.24) is 10.2 Å². The summed E-state index contributed by atoms with van der Waals surface area (Å²) >= 11 is 0. The normalized spacial score (nSPS) is 13.1. The number of amides is 1. The Morgan fingerprint density at radius 2 is 2.18 bits per heavy atom. The van der Waals surface area contributed by atoms with Crippen LogP contribution in [0.25, 0.3) is 0 Å². The van der Waals surface area contributed by atoms with Crippen LogP contribution in [0.4, 0.5) is 8.78 Å². The fourth-order valence-corrected chi connectivity index (χ4v) is 1.34. The van der Waals surface area contributed by atoms with Gasteiger partial charge < -0.3 is 15.2 Å². The SMILES string of the molecule is COCCNC(=O)C(C)N(CCO)CC(F)F. The smallest absolute Gasteiger partial charge is 0.251 e. The van der Waals surface area contributed by atoms with Crippen molar-refractivity contribution in [2.45, 2.75) is 19.4 Å². The number of halogens is 2. The maximum Gasteiger partial charge on any atom is 0.251 e. The lowest BCUT2D eigenvalue weighted by molar-refractivity contribution is -0.126. The number of alkyl halides is 2. The minimum Gasteiger partial charge on any atom is -0.395 e. The van der Waals surface area contributed by atoms with Crippen molar-refractivity contribution < 1.29 is 23.4 Å². The second-order valence-corrected chi connectivity index (χ2v) is 3.57. The molecule has 2 N–H and O–H groups in total. The summed E-state index contributed by atoms with van der Waals surface area (Å²) in [5, 5.41) is 11.3. The average molecular weight is 254 g/mol. The van der Waals surface area contributed by atoms with Gasteiger partial charge in [0, 0.05) is 20.2 Å². The van der Waals surface area contributed by atoms with E-state index in [1.807, 2.05) is 0 Å². The Balaban J connectivity index is 4.18. The molecule has 0 saturated carbocycles. The molecule has 0 spiro atoms. The lowest BCUT2D eigenvalue weighted by Crippen LogP contribution is -2.48. The maximum atomic E-state index is 12.3. The van der Waals surface area contributed by atoms with E-state index in [0.29, 0.717) is 13.2 Å². The van der Waals surface area contributed by atoms with Gasteiger partial charge in [-0.05, 0) is 6.92 Å². The summed E-state index contributed by atoms with van der Waals surface area (Å²) in [5.74, 6) is -0.351. The maximum absolute atomic E-state index is 12.3. The summed E-state index contributed by atoms with van der Waals surface area (Å²) in [6.07, 6.45) is -2.53. The molecule has 0 aromatic carbocycles. The Morgan fingerprint density at radius 1 is 1.53 bits per heavy atom. The van der Waals surface area contributed by atoms with Gasteiger partial charge in [0.1, 0.15) is 0 Å². The largest absolute Gasteiger partial charge is 0.395 e. The number of methoxy groups -OCH3 is 1. The first-order valence-corrected chi connectivity index (χ1v) is 5.42. The van der Waals surface area contributed by atoms with Gasteiger partial charge >= 0.3 is 0 Å². The molecule has 102 valence electrons. The van der Waals surface area contributed by atoms with Crippen molar-refractivity contribution in [3.8, 4) is 0 Å². The van der Waals surface area contributed by atoms with E-state index in [-0.39, 0.29) is 19.1 Å². The van der Waals surface area contributed by atoms with Crippen molar-refractivity contribution in [2.75, 3.05) is 40.0 Å². The van der Waals surface area contributed by atoms with Crippen molar-refractivity contribution in [3.63, 3.8) is 0 Å². The van der Waals surface area contributed by atoms with Crippen LogP contribution in [0.15, 0.2) is 0 Å². The molecule has 0 heterocycles. The molecule has 0 aliphatic carbocycles. The highest BCUT2D eigenvalue weighted by Crippen LogP contribution is 2.04. The quantitative estimate of drug-likeness (QED) is 0.554. The summed E-state index contributed by atoms with van der Waals surface area (Å²) in [7, 11) is 1.50. The van der Waals surface area contributed by atoms with Gasteiger partial charge in [0.15, 0.2) is 0 Å². The second kappa shape index (κ2) is 9.26. The molecule has 0 aromatic heterocycles. The van der Waals surface area contributed by atoms with E-state index in [4.69, 9.17) is 9.84 Å². The van der Waals surface area contributed by atoms with Crippen molar-refractivity contribution in [2.24, 2.45) is 0 Å². The Morgan fingerprint density at radius 3 is 2.65 bits per heavy atom. The molecule has 0 bridgehead atoms. The number of rotatable bonds is 9. The van der Waals surface area contributed by atoms with Crippen molar-refractivity contribution in [1.29, 1.82) is 0 Å². The monoisotopic (exact) mass is 254 g/mol. The third-order valence-electron chi connectivity index (χ3n) is 2.29. The van der Waals surface area contributed by atoms with Crippen LogP contribution in [-0.4, -0.2) is 68.3 Å². The summed E-state index contributed by atoms with van der Waals surface area (Å²) in [6.45, 7) is 1.49. The molecular formula is C10H20F2N2O3. The molecule has 0 saturated heterocycles. The summed E-state index contributed by atoms with van der Waals surface area (Å²) in [4.78, 5) is 12.8. The summed E-state index contributed by atoms with van der Waals surface area (Å²) < 4.78 is 29.3. The zero-order valence-corrected chi connectivity index (χ0v) is 10.2. The van der Waals surface area contributed by atoms with Crippen LogP contribution in [0.2, 0.25) is 0 Å². The predicted molar refractivity (Wildman–Crippen MR) is 59.0 cm³/mol. The molecule has 0 rings (SSSR count). The van der Waals surface area contributed by atoms with Gasteiger partial charge in [0.05, 0.1) is 25.8 Å². The van der Waals surface area contributed by atoms with E-state index in [1.165, 1.54) is 18.9 Å². The molecule has 0 aliphatic heterocycles. The molecule has 1 unspecified atom stereocenters. The van der Waals surface area contributed by atoms with E-state index in [1.54, 1.807) is 0 Å². The average Bonchev–Trinajstić information content (AvgIpc) is 2.27. The molecule has 1 atom stereocenters. The van der Waals surface area contributed by atoms with Gasteiger partial charge in [-0.2, -0.15) is 0 Å². The van der Waals surface area contributed by atoms with Crippen molar-refractivity contribution >= 4 is 5.91 Å². The number of hydrogen-bond donors (Lipinski definition) is 2. The highest BCUT2D eigenvalue weighted by atomic mass is 19.3. The van der Waals surface area contributed by atoms with Gasteiger partial charge in [-0.1, -0.05) is 0 Å². The number of carbonyl (C=O) groups excluding carboxylic acids is 1. The van der Waals surface area contributed by atoms with Crippen LogP contribution in [-0.2, 0) is 9.53 Å². The lowest BCUT2D eigenvalue weighted by atomic mass is 10.2. The van der Waals surface area contributed by atoms with Crippen LogP contribution in [0.3, 0.4) is 0 Å². The molecule has 0 aliphatic rings. The Labute approximate surface area is 99.7 Å². The lowest BCUT2D eigenvalue weighted by Gasteiger charge is -2.27. The van der Waals surface area contributed by atoms with E-state index in [9.17, 15) is 13.6 Å². The Kier molecular flexibility index (Phi) is 8.83. The third kappa shape index (κ3) is 7.19. The number of nitrogens with one attached hydrogen (secondary N) is 1. The zero-order valence-electron chi connectivity index (χ0n) is 10.2. The number of carbonyl (C=O) groups is 1. The van der Waals surface area contributed by atoms with Gasteiger partial charge in [-0.15, -0.1) is 0 Å². The first-order valence-electron chi connectivity index (χ1n) is 5.42. The third-order valence-corrected chi connectivity index (χ3v) is 2.29. The molecule has 7 heteroatoms. The van der Waals surface area contributed by atoms with E-state index in [2.05, 4.69) is 5.32 Å². The van der Waals surface area contributed by atoms with E-state index < -0.39 is 19.0 Å². The van der Waals surface area contributed by atoms with Crippen molar-refractivity contribution in [3.05, 3.63) is 0 Å². The van der Waals surface area contributed by atoms with Crippen LogP contribution < -0.4 is 5.32 Å². The van der Waals surface area contributed by atoms with Gasteiger partial charge in [-0.25, -0.2) is 8.78 Å². The summed E-state index contributed by atoms with van der Waals surface area (Å²) in [5.41, 5.74) is 0. The molecule has 1 amide bonds. The minimum atomic E-state index is -2.53. The fraction of sp³-hybridized carbons (Fsp3) is 0.900. The number of aliphatic hydroxyl groups excluding tert-OH is 1. The first-order chi connectivity index (χ1) is 8.02. The molecule has 17 heavy (non-hydrogen) atoms. The molecular weight excluding hydrogens is 234 g/mol. The van der Waals surface area contributed by atoms with Crippen LogP contribution in [0, 0.1) is 0 Å². The van der Waals surface area contributed by atoms with Gasteiger partial charge in [-0.3, -0.25) is 9.69 Å². The molecule has 5 nitrogen and oxygen atoms in total. The highest BCUT2D eigenvalue weighted by Gasteiger charge is 2.23. The van der Waals surface area contributed by atoms with Crippen LogP contribution in [0.5, 0.6) is 0 Å². The number of ether oxygens (including phenoxy) is 1. The summed E-state index contributed by atoms with van der Waals surface area (Å²) in [6, 6.07) is -0.701. The number of aliphatic hydroxyl groups is 1. The van der Waals surface area contributed by atoms with E-state index in [0.717, 1.165) is 0 Å². The predicted octanol–water partition coefficient (Wildman–Crippen LogP) is -0.303. The fourth-order valence-electron chi connectivity index (χ4n) is 1.34. The standard InChI is InChI=1S/C10H20F2N2O3/c1-8(10(16)13-3-6-17-2)14(4-5-15)7-9(11)12/h8-9,15H,3-7H2,1-2H3,(H,13,16). The molecule has 0 radical (unpaired) electrons. The number of nitrogens with zero attached hydrogens (tertiary/aromatic N) is 1.